The van der Waals surface area contributed by atoms with Crippen molar-refractivity contribution in [3.63, 3.8) is 0 Å². The third-order valence-electron chi connectivity index (χ3n) is 5.66. The van der Waals surface area contributed by atoms with Crippen molar-refractivity contribution >= 4 is 18.0 Å². The number of alkyl carbamates (subject to hydrolysis) is 1. The number of hydrogen-bond acceptors (Lipinski definition) is 5. The summed E-state index contributed by atoms with van der Waals surface area (Å²) in [4.78, 5) is 42.9. The van der Waals surface area contributed by atoms with Crippen molar-refractivity contribution in [3.05, 3.63) is 77.9 Å². The topological polar surface area (TPSA) is 133 Å². The fourth-order valence-corrected chi connectivity index (χ4v) is 4.00. The number of hydrogen-bond donors (Lipinski definition) is 4. The minimum Gasteiger partial charge on any atom is -0.480 e. The lowest BCUT2D eigenvalue weighted by Crippen LogP contribution is -2.51. The van der Waals surface area contributed by atoms with E-state index in [1.807, 2.05) is 48.5 Å². The number of carboxylic acid groups (broad SMARTS) is 1. The largest absolute Gasteiger partial charge is 0.480 e. The second-order valence-corrected chi connectivity index (χ2v) is 7.87. The van der Waals surface area contributed by atoms with Gasteiger partial charge in [-0.2, -0.15) is 0 Å². The Labute approximate surface area is 190 Å². The highest BCUT2D eigenvalue weighted by Gasteiger charge is 2.30. The maximum Gasteiger partial charge on any atom is 0.407 e. The molecule has 2 aromatic carbocycles. The Balaban J connectivity index is 1.33. The fourth-order valence-electron chi connectivity index (χ4n) is 4.00. The van der Waals surface area contributed by atoms with E-state index in [9.17, 15) is 19.5 Å². The molecule has 1 aliphatic rings. The van der Waals surface area contributed by atoms with Gasteiger partial charge < -0.3 is 25.5 Å². The van der Waals surface area contributed by atoms with Crippen LogP contribution in [0.25, 0.3) is 11.1 Å². The van der Waals surface area contributed by atoms with Gasteiger partial charge in [-0.25, -0.2) is 14.6 Å². The first-order valence-corrected chi connectivity index (χ1v) is 10.6. The Morgan fingerprint density at radius 2 is 1.70 bits per heavy atom. The van der Waals surface area contributed by atoms with E-state index in [1.54, 1.807) is 0 Å². The third kappa shape index (κ3) is 4.87. The number of amides is 2. The van der Waals surface area contributed by atoms with Crippen LogP contribution in [0.4, 0.5) is 4.79 Å². The normalized spacial score (nSPS) is 14.0. The quantitative estimate of drug-likeness (QED) is 0.418. The van der Waals surface area contributed by atoms with E-state index < -0.39 is 30.1 Å². The molecule has 170 valence electrons. The highest BCUT2D eigenvalue weighted by Crippen LogP contribution is 2.44. The second-order valence-electron chi connectivity index (χ2n) is 7.87. The van der Waals surface area contributed by atoms with E-state index in [0.29, 0.717) is 5.69 Å². The molecule has 0 fully saturated rings. The molecule has 2 atom stereocenters. The van der Waals surface area contributed by atoms with Gasteiger partial charge in [0.1, 0.15) is 18.7 Å². The number of benzene rings is 2. The summed E-state index contributed by atoms with van der Waals surface area (Å²) in [5.41, 5.74) is 4.97. The highest BCUT2D eigenvalue weighted by molar-refractivity contribution is 5.89. The number of aromatic nitrogens is 2. The van der Waals surface area contributed by atoms with Gasteiger partial charge in [0.15, 0.2) is 0 Å². The van der Waals surface area contributed by atoms with E-state index in [4.69, 9.17) is 4.74 Å². The van der Waals surface area contributed by atoms with E-state index >= 15 is 0 Å². The molecule has 0 spiro atoms. The van der Waals surface area contributed by atoms with Crippen LogP contribution in [0.15, 0.2) is 61.1 Å². The molecule has 0 aliphatic heterocycles. The van der Waals surface area contributed by atoms with Crippen LogP contribution in [0.1, 0.15) is 29.7 Å². The standard InChI is InChI=1S/C24H24N4O5/c1-14(22(29)28-21(23(30)31)10-15-11-25-13-26-15)27-24(32)33-12-20-18-8-4-2-6-16(18)17-7-3-5-9-19(17)20/h2-9,11,13-14,20-21H,10,12H2,1H3,(H,25,26)(H,27,32)(H,28,29)(H,30,31)/t14-,21+/m0/s1. The predicted molar refractivity (Wildman–Crippen MR) is 120 cm³/mol. The number of carbonyl (C=O) groups excluding carboxylic acids is 2. The smallest absolute Gasteiger partial charge is 0.407 e. The highest BCUT2D eigenvalue weighted by atomic mass is 16.5. The fraction of sp³-hybridized carbons (Fsp3) is 0.250. The SMILES string of the molecule is C[C@H](NC(=O)OCC1c2ccccc2-c2ccccc21)C(=O)N[C@H](Cc1cnc[nH]1)C(=O)O. The van der Waals surface area contributed by atoms with Crippen LogP contribution >= 0.6 is 0 Å². The van der Waals surface area contributed by atoms with Gasteiger partial charge in [-0.1, -0.05) is 48.5 Å². The van der Waals surface area contributed by atoms with Crippen molar-refractivity contribution in [1.29, 1.82) is 0 Å². The molecule has 0 unspecified atom stereocenters. The van der Waals surface area contributed by atoms with Gasteiger partial charge in [0.25, 0.3) is 0 Å². The molecule has 1 aromatic heterocycles. The maximum absolute atomic E-state index is 12.4. The molecule has 4 N–H and O–H groups in total. The van der Waals surface area contributed by atoms with Gasteiger partial charge in [-0.3, -0.25) is 4.79 Å². The summed E-state index contributed by atoms with van der Waals surface area (Å²) >= 11 is 0. The summed E-state index contributed by atoms with van der Waals surface area (Å²) in [6.07, 6.45) is 2.20. The average Bonchev–Trinajstić information content (AvgIpc) is 3.43. The first-order chi connectivity index (χ1) is 15.9. The van der Waals surface area contributed by atoms with Crippen LogP contribution in [0, 0.1) is 0 Å². The summed E-state index contributed by atoms with van der Waals surface area (Å²) in [6.45, 7) is 1.58. The van der Waals surface area contributed by atoms with Crippen molar-refractivity contribution in [2.45, 2.75) is 31.3 Å². The van der Waals surface area contributed by atoms with Crippen LogP contribution in [0.2, 0.25) is 0 Å². The molecule has 0 radical (unpaired) electrons. The Morgan fingerprint density at radius 1 is 1.06 bits per heavy atom. The number of carbonyl (C=O) groups is 3. The molecule has 1 aliphatic carbocycles. The van der Waals surface area contributed by atoms with Crippen molar-refractivity contribution in [3.8, 4) is 11.1 Å². The van der Waals surface area contributed by atoms with Crippen LogP contribution in [0.3, 0.4) is 0 Å². The predicted octanol–water partition coefficient (Wildman–Crippen LogP) is 2.45. The number of nitrogens with zero attached hydrogens (tertiary/aromatic N) is 1. The lowest BCUT2D eigenvalue weighted by Gasteiger charge is -2.19. The van der Waals surface area contributed by atoms with E-state index in [-0.39, 0.29) is 18.9 Å². The maximum atomic E-state index is 12.4. The molecule has 4 rings (SSSR count). The first kappa shape index (κ1) is 22.1. The number of imidazole rings is 1. The summed E-state index contributed by atoms with van der Waals surface area (Å²) in [6, 6.07) is 13.8. The van der Waals surface area contributed by atoms with Gasteiger partial charge in [0.05, 0.1) is 6.33 Å². The summed E-state index contributed by atoms with van der Waals surface area (Å²) < 4.78 is 5.44. The van der Waals surface area contributed by atoms with E-state index in [0.717, 1.165) is 22.3 Å². The molecule has 0 bridgehead atoms. The van der Waals surface area contributed by atoms with Crippen molar-refractivity contribution < 1.29 is 24.2 Å². The minimum absolute atomic E-state index is 0.0404. The zero-order chi connectivity index (χ0) is 23.4. The monoisotopic (exact) mass is 448 g/mol. The Bertz CT molecular complexity index is 1120. The van der Waals surface area contributed by atoms with Crippen LogP contribution in [-0.2, 0) is 20.7 Å². The average molecular weight is 448 g/mol. The summed E-state index contributed by atoms with van der Waals surface area (Å²) in [7, 11) is 0. The van der Waals surface area contributed by atoms with Crippen LogP contribution < -0.4 is 10.6 Å². The molecule has 0 saturated heterocycles. The van der Waals surface area contributed by atoms with Crippen LogP contribution in [-0.4, -0.2) is 51.7 Å². The van der Waals surface area contributed by atoms with Gasteiger partial charge in [0, 0.05) is 24.2 Å². The minimum atomic E-state index is -1.19. The van der Waals surface area contributed by atoms with Crippen LogP contribution in [0.5, 0.6) is 0 Å². The van der Waals surface area contributed by atoms with Crippen molar-refractivity contribution in [2.75, 3.05) is 6.61 Å². The zero-order valence-electron chi connectivity index (χ0n) is 17.9. The molecular weight excluding hydrogens is 424 g/mol. The zero-order valence-corrected chi connectivity index (χ0v) is 17.9. The molecule has 3 aromatic rings. The molecule has 2 amide bonds. The lowest BCUT2D eigenvalue weighted by molar-refractivity contribution is -0.142. The molecular formula is C24H24N4O5. The van der Waals surface area contributed by atoms with E-state index in [2.05, 4.69) is 20.6 Å². The number of ether oxygens (including phenoxy) is 1. The number of carboxylic acids is 1. The first-order valence-electron chi connectivity index (χ1n) is 10.6. The van der Waals surface area contributed by atoms with Gasteiger partial charge in [0.2, 0.25) is 5.91 Å². The molecule has 9 heteroatoms. The van der Waals surface area contributed by atoms with E-state index in [1.165, 1.54) is 19.4 Å². The number of rotatable bonds is 8. The second kappa shape index (κ2) is 9.56. The molecule has 33 heavy (non-hydrogen) atoms. The summed E-state index contributed by atoms with van der Waals surface area (Å²) in [5.74, 6) is -1.92. The van der Waals surface area contributed by atoms with Gasteiger partial charge in [-0.15, -0.1) is 0 Å². The Morgan fingerprint density at radius 3 is 2.27 bits per heavy atom. The molecule has 9 nitrogen and oxygen atoms in total. The van der Waals surface area contributed by atoms with Crippen molar-refractivity contribution in [2.24, 2.45) is 0 Å². The summed E-state index contributed by atoms with van der Waals surface area (Å²) in [5, 5.41) is 14.3. The number of fused-ring (bicyclic) bond motifs is 3. The van der Waals surface area contributed by atoms with Gasteiger partial charge in [-0.05, 0) is 29.2 Å². The number of H-pyrrole nitrogens is 1. The Hall–Kier alpha value is -4.14. The van der Waals surface area contributed by atoms with Gasteiger partial charge >= 0.3 is 12.1 Å². The third-order valence-corrected chi connectivity index (χ3v) is 5.66. The molecule has 0 saturated carbocycles. The molecule has 1 heterocycles. The number of aromatic amines is 1. The number of nitrogens with one attached hydrogen (secondary N) is 3. The number of aliphatic carboxylic acids is 1. The van der Waals surface area contributed by atoms with Crippen molar-refractivity contribution in [1.82, 2.24) is 20.6 Å². The Kier molecular flexibility index (Phi) is 6.39. The lowest BCUT2D eigenvalue weighted by atomic mass is 9.98.